The molecule has 0 spiro atoms. The zero-order valence-electron chi connectivity index (χ0n) is 19.4. The van der Waals surface area contributed by atoms with Gasteiger partial charge in [0.15, 0.2) is 5.38 Å². The molecule has 1 fully saturated rings. The van der Waals surface area contributed by atoms with Gasteiger partial charge in [0, 0.05) is 45.1 Å². The summed E-state index contributed by atoms with van der Waals surface area (Å²) in [4.78, 5) is 30.4. The van der Waals surface area contributed by atoms with Crippen molar-refractivity contribution in [1.29, 1.82) is 0 Å². The lowest BCUT2D eigenvalue weighted by Gasteiger charge is -2.26. The molecule has 2 N–H and O–H groups in total. The quantitative estimate of drug-likeness (QED) is 0.316. The fourth-order valence-electron chi connectivity index (χ4n) is 3.31. The van der Waals surface area contributed by atoms with Gasteiger partial charge in [0.2, 0.25) is 20.1 Å². The number of hydrogen-bond donors (Lipinski definition) is 2. The Labute approximate surface area is 206 Å². The van der Waals surface area contributed by atoms with Crippen molar-refractivity contribution in [3.8, 4) is 4.21 Å². The third-order valence-corrected chi connectivity index (χ3v) is 10.4. The number of carbonyl (C=O) groups excluding carboxylic acids is 2. The molecule has 2 aromatic heterocycles. The molecule has 1 saturated heterocycles. The first-order valence-corrected chi connectivity index (χ1v) is 14.7. The smallest absolute Gasteiger partial charge is 0.353 e. The van der Waals surface area contributed by atoms with Crippen LogP contribution in [0.25, 0.3) is 4.21 Å². The van der Waals surface area contributed by atoms with Crippen molar-refractivity contribution < 1.29 is 27.5 Å². The maximum absolute atomic E-state index is 12.8. The van der Waals surface area contributed by atoms with Crippen LogP contribution < -0.4 is 10.0 Å². The number of thiazole rings is 1. The number of amides is 1. The molecule has 3 rings (SSSR count). The van der Waals surface area contributed by atoms with E-state index in [1.165, 1.54) is 11.3 Å². The van der Waals surface area contributed by atoms with Crippen LogP contribution in [-0.2, 0) is 29.1 Å². The lowest BCUT2D eigenvalue weighted by Crippen LogP contribution is -2.41. The van der Waals surface area contributed by atoms with Crippen molar-refractivity contribution in [2.75, 3.05) is 51.3 Å². The van der Waals surface area contributed by atoms with Crippen LogP contribution in [0.3, 0.4) is 0 Å². The number of carbonyl (C=O) groups is 2. The van der Waals surface area contributed by atoms with Gasteiger partial charge in [-0.15, -0.1) is 0 Å². The molecule has 1 unspecified atom stereocenters. The first-order valence-electron chi connectivity index (χ1n) is 11.1. The Morgan fingerprint density at radius 1 is 1.26 bits per heavy atom. The van der Waals surface area contributed by atoms with Gasteiger partial charge in [0.25, 0.3) is 0 Å². The van der Waals surface area contributed by atoms with Gasteiger partial charge in [-0.2, -0.15) is 4.98 Å². The number of morpholine rings is 1. The van der Waals surface area contributed by atoms with Crippen LogP contribution in [0.5, 0.6) is 0 Å². The third-order valence-electron chi connectivity index (χ3n) is 4.97. The first-order chi connectivity index (χ1) is 16.3. The Balaban J connectivity index is 1.59. The predicted molar refractivity (Wildman–Crippen MR) is 132 cm³/mol. The zero-order chi connectivity index (χ0) is 24.6. The highest BCUT2D eigenvalue weighted by Gasteiger charge is 2.27. The van der Waals surface area contributed by atoms with Crippen LogP contribution >= 0.6 is 21.8 Å². The summed E-state index contributed by atoms with van der Waals surface area (Å²) in [7, 11) is -4.28. The lowest BCUT2D eigenvalue weighted by atomic mass is 10.2. The van der Waals surface area contributed by atoms with Gasteiger partial charge in [-0.25, -0.2) is 13.1 Å². The predicted octanol–water partition coefficient (Wildman–Crippen LogP) is 2.47. The summed E-state index contributed by atoms with van der Waals surface area (Å²) in [6, 6.07) is 3.35. The van der Waals surface area contributed by atoms with Crippen LogP contribution in [0, 0.1) is 6.92 Å². The second kappa shape index (κ2) is 12.7. The molecule has 1 atom stereocenters. The van der Waals surface area contributed by atoms with E-state index in [4.69, 9.17) is 9.47 Å². The minimum absolute atomic E-state index is 0.172. The molecule has 0 radical (unpaired) electrons. The Hall–Kier alpha value is -1.90. The molecule has 188 valence electrons. The van der Waals surface area contributed by atoms with Gasteiger partial charge in [0.1, 0.15) is 4.21 Å². The molecule has 0 saturated carbocycles. The standard InChI is InChI=1S/C21H30N4O6S3/c1-3-31-18(27)6-4-5-17(26)24-21-23-16(2)15-33(21)19-7-8-20(32-19)34(28,29)22-9-10-25-11-13-30-14-12-25/h7-8,15,22H,3-6,9-14H2,1-2H3/p+1. The number of anilines is 1. The van der Waals surface area contributed by atoms with Gasteiger partial charge in [0.05, 0.1) is 36.0 Å². The minimum Gasteiger partial charge on any atom is -0.466 e. The number of sulfonamides is 1. The van der Waals surface area contributed by atoms with Crippen LogP contribution in [0.1, 0.15) is 31.9 Å². The van der Waals surface area contributed by atoms with E-state index in [0.717, 1.165) is 23.0 Å². The fourth-order valence-corrected chi connectivity index (χ4v) is 8.07. The number of ether oxygens (including phenoxy) is 2. The van der Waals surface area contributed by atoms with E-state index in [-0.39, 0.29) is 28.9 Å². The Morgan fingerprint density at radius 2 is 2.03 bits per heavy atom. The first kappa shape index (κ1) is 26.7. The number of esters is 1. The summed E-state index contributed by atoms with van der Waals surface area (Å²) in [5.74, 6) is -0.561. The molecule has 1 aliphatic rings. The van der Waals surface area contributed by atoms with Crippen molar-refractivity contribution in [3.05, 3.63) is 23.2 Å². The monoisotopic (exact) mass is 531 g/mol. The fraction of sp³-hybridized carbons (Fsp3) is 0.571. The van der Waals surface area contributed by atoms with Crippen LogP contribution in [0.15, 0.2) is 21.7 Å². The van der Waals surface area contributed by atoms with E-state index in [1.807, 2.05) is 12.3 Å². The SMILES string of the molecule is CCOC(=O)CCCC(=O)Nc1nc(C)c[s+]1-c1ccc(S(=O)(=O)NCCN2CCOCC2)s1. The Morgan fingerprint density at radius 3 is 2.76 bits per heavy atom. The molecule has 1 amide bonds. The maximum atomic E-state index is 12.8. The molecule has 34 heavy (non-hydrogen) atoms. The summed E-state index contributed by atoms with van der Waals surface area (Å²) in [6.45, 7) is 7.79. The van der Waals surface area contributed by atoms with Gasteiger partial charge < -0.3 is 9.47 Å². The number of thiophene rings is 1. The van der Waals surface area contributed by atoms with E-state index in [9.17, 15) is 18.0 Å². The zero-order valence-corrected chi connectivity index (χ0v) is 21.8. The number of aromatic nitrogens is 1. The lowest BCUT2D eigenvalue weighted by molar-refractivity contribution is -0.143. The van der Waals surface area contributed by atoms with E-state index < -0.39 is 20.5 Å². The van der Waals surface area contributed by atoms with Gasteiger partial charge in [-0.1, -0.05) is 11.3 Å². The summed E-state index contributed by atoms with van der Waals surface area (Å²) in [6.07, 6.45) is 0.738. The summed E-state index contributed by atoms with van der Waals surface area (Å²) < 4.78 is 39.4. The average molecular weight is 532 g/mol. The third kappa shape index (κ3) is 7.82. The molecular weight excluding hydrogens is 500 g/mol. The van der Waals surface area contributed by atoms with E-state index in [2.05, 4.69) is 19.9 Å². The molecule has 1 aliphatic heterocycles. The van der Waals surface area contributed by atoms with Gasteiger partial charge >= 0.3 is 11.1 Å². The normalized spacial score (nSPS) is 15.3. The summed E-state index contributed by atoms with van der Waals surface area (Å²) in [5.41, 5.74) is 0.756. The van der Waals surface area contributed by atoms with Gasteiger partial charge in [-0.3, -0.25) is 19.8 Å². The molecule has 13 heteroatoms. The number of hydrogen-bond acceptors (Lipinski definition) is 9. The number of rotatable bonds is 12. The highest BCUT2D eigenvalue weighted by Crippen LogP contribution is 2.43. The van der Waals surface area contributed by atoms with Crippen molar-refractivity contribution in [2.45, 2.75) is 37.3 Å². The molecule has 10 nitrogen and oxygen atoms in total. The largest absolute Gasteiger partial charge is 0.466 e. The van der Waals surface area contributed by atoms with Crippen molar-refractivity contribution in [1.82, 2.24) is 14.6 Å². The van der Waals surface area contributed by atoms with E-state index in [0.29, 0.717) is 44.5 Å². The topological polar surface area (TPSA) is 127 Å². The Kier molecular flexibility index (Phi) is 9.97. The molecular formula is C21H31N4O6S3+. The van der Waals surface area contributed by atoms with E-state index in [1.54, 1.807) is 19.1 Å². The molecule has 0 aliphatic carbocycles. The molecule has 3 heterocycles. The summed E-state index contributed by atoms with van der Waals surface area (Å²) >= 11 is 1.17. The second-order valence-corrected chi connectivity index (χ2v) is 12.7. The summed E-state index contributed by atoms with van der Waals surface area (Å²) in [5, 5.41) is 5.24. The number of nitrogens with one attached hydrogen (secondary N) is 2. The van der Waals surface area contributed by atoms with Gasteiger partial charge in [-0.05, 0) is 26.3 Å². The van der Waals surface area contributed by atoms with Crippen LogP contribution in [0.2, 0.25) is 0 Å². The minimum atomic E-state index is -3.63. The van der Waals surface area contributed by atoms with Crippen LogP contribution in [0.4, 0.5) is 5.13 Å². The number of nitrogens with zero attached hydrogens (tertiary/aromatic N) is 2. The highest BCUT2D eigenvalue weighted by molar-refractivity contribution is 7.91. The van der Waals surface area contributed by atoms with E-state index >= 15 is 0 Å². The maximum Gasteiger partial charge on any atom is 0.353 e. The molecule has 0 aromatic carbocycles. The highest BCUT2D eigenvalue weighted by atomic mass is 32.3. The second-order valence-electron chi connectivity index (χ2n) is 7.65. The average Bonchev–Trinajstić information content (AvgIpc) is 3.42. The van der Waals surface area contributed by atoms with Crippen molar-refractivity contribution >= 4 is 48.8 Å². The Bertz CT molecular complexity index is 1080. The van der Waals surface area contributed by atoms with Crippen molar-refractivity contribution in [2.24, 2.45) is 0 Å². The molecule has 0 bridgehead atoms. The van der Waals surface area contributed by atoms with Crippen molar-refractivity contribution in [3.63, 3.8) is 0 Å². The van der Waals surface area contributed by atoms with Crippen LogP contribution in [-0.4, -0.2) is 76.2 Å². The molecule has 2 aromatic rings. The number of aryl methyl sites for hydroxylation is 1.